The van der Waals surface area contributed by atoms with Gasteiger partial charge in [0.2, 0.25) is 0 Å². The third kappa shape index (κ3) is 20.7. The molecule has 0 aliphatic rings. The summed E-state index contributed by atoms with van der Waals surface area (Å²) < 4.78 is 2.75. The Kier molecular flexibility index (Phi) is 26.9. The zero-order valence-electron chi connectivity index (χ0n) is 24.6. The summed E-state index contributed by atoms with van der Waals surface area (Å²) in [6.45, 7) is 29.6. The van der Waals surface area contributed by atoms with E-state index in [1.165, 1.54) is 113 Å². The van der Waals surface area contributed by atoms with E-state index in [4.69, 9.17) is 5.11 Å². The van der Waals surface area contributed by atoms with Gasteiger partial charge in [-0.05, 0) is 51.4 Å². The number of hydrogen-bond acceptors (Lipinski definition) is 5. The van der Waals surface area contributed by atoms with E-state index in [0.29, 0.717) is 0 Å². The number of carboxylic acids is 2. The first kappa shape index (κ1) is 38.4. The van der Waals surface area contributed by atoms with Gasteiger partial charge in [-0.3, -0.25) is 0 Å². The van der Waals surface area contributed by atoms with Crippen molar-refractivity contribution >= 4 is 11.9 Å². The van der Waals surface area contributed by atoms with E-state index in [1.54, 1.807) is 0 Å². The minimum atomic E-state index is -1.96. The van der Waals surface area contributed by atoms with Crippen LogP contribution in [-0.4, -0.2) is 84.5 Å². The second-order valence-electron chi connectivity index (χ2n) is 9.88. The monoisotopic (exact) mass is 504 g/mol. The van der Waals surface area contributed by atoms with Gasteiger partial charge >= 0.3 is 0 Å². The molecule has 0 radical (unpaired) electrons. The summed E-state index contributed by atoms with van der Waals surface area (Å²) in [4.78, 5) is 19.1. The van der Waals surface area contributed by atoms with Gasteiger partial charge in [-0.2, -0.15) is 0 Å². The average Bonchev–Trinajstić information content (AvgIpc) is 2.76. The van der Waals surface area contributed by atoms with Crippen molar-refractivity contribution in [2.24, 2.45) is 0 Å². The number of quaternary nitrogens is 2. The smallest absolute Gasteiger partial charge is 0.0985 e. The Morgan fingerprint density at radius 3 is 0.829 bits per heavy atom. The molecule has 0 amide bonds. The van der Waals surface area contributed by atoms with Gasteiger partial charge in [0.25, 0.3) is 0 Å². The zero-order chi connectivity index (χ0) is 27.8. The number of carbonyl (C=O) groups is 2. The second kappa shape index (κ2) is 24.5. The Hall–Kier alpha value is -1.18. The number of hydrogen-bond donors (Lipinski definition) is 1. The van der Waals surface area contributed by atoms with E-state index in [2.05, 4.69) is 55.4 Å². The Bertz CT molecular complexity index is 413. The van der Waals surface area contributed by atoms with E-state index in [0.717, 1.165) is 0 Å². The molecular formula is C28H60N2O5. The lowest BCUT2D eigenvalue weighted by molar-refractivity contribution is -0.928. The summed E-state index contributed by atoms with van der Waals surface area (Å²) in [5, 5.41) is 27.3. The number of nitrogens with zero attached hydrogens (tertiary/aromatic N) is 2. The van der Waals surface area contributed by atoms with E-state index in [1.807, 2.05) is 0 Å². The van der Waals surface area contributed by atoms with Crippen LogP contribution in [0.1, 0.15) is 113 Å². The Labute approximate surface area is 217 Å². The fraction of sp³-hybridized carbons (Fsp3) is 0.929. The van der Waals surface area contributed by atoms with E-state index in [9.17, 15) is 19.8 Å². The quantitative estimate of drug-likeness (QED) is 0.272. The van der Waals surface area contributed by atoms with Gasteiger partial charge in [-0.25, -0.2) is 0 Å². The molecule has 7 heteroatoms. The maximum Gasteiger partial charge on any atom is 0.0985 e. The molecule has 1 atom stereocenters. The highest BCUT2D eigenvalue weighted by Crippen LogP contribution is 2.13. The van der Waals surface area contributed by atoms with Crippen molar-refractivity contribution in [3.63, 3.8) is 0 Å². The van der Waals surface area contributed by atoms with Crippen LogP contribution in [0.2, 0.25) is 0 Å². The van der Waals surface area contributed by atoms with Crippen LogP contribution in [0.4, 0.5) is 0 Å². The molecule has 0 aromatic heterocycles. The summed E-state index contributed by atoms with van der Waals surface area (Å²) in [5.41, 5.74) is 0. The molecule has 212 valence electrons. The predicted octanol–water partition coefficient (Wildman–Crippen LogP) is 3.12. The van der Waals surface area contributed by atoms with Crippen LogP contribution in [0, 0.1) is 0 Å². The first-order valence-electron chi connectivity index (χ1n) is 14.3. The molecule has 0 aromatic rings. The molecule has 1 unspecified atom stereocenters. The topological polar surface area (TPSA) is 100 Å². The molecule has 0 aromatic carbocycles. The van der Waals surface area contributed by atoms with Gasteiger partial charge in [0.05, 0.1) is 64.4 Å². The van der Waals surface area contributed by atoms with Crippen LogP contribution in [0.3, 0.4) is 0 Å². The fourth-order valence-corrected chi connectivity index (χ4v) is 5.38. The lowest BCUT2D eigenvalue weighted by atomic mass is 10.2. The molecule has 7 nitrogen and oxygen atoms in total. The minimum Gasteiger partial charge on any atom is -0.550 e. The molecule has 0 aliphatic carbocycles. The molecule has 0 heterocycles. The van der Waals surface area contributed by atoms with Crippen molar-refractivity contribution < 1.29 is 33.9 Å². The molecule has 0 saturated heterocycles. The largest absolute Gasteiger partial charge is 0.550 e. The molecule has 0 rings (SSSR count). The van der Waals surface area contributed by atoms with Crippen LogP contribution >= 0.6 is 0 Å². The van der Waals surface area contributed by atoms with Crippen molar-refractivity contribution in [3.8, 4) is 0 Å². The molecule has 35 heavy (non-hydrogen) atoms. The predicted molar refractivity (Wildman–Crippen MR) is 142 cm³/mol. The van der Waals surface area contributed by atoms with Gasteiger partial charge in [-0.1, -0.05) is 55.4 Å². The van der Waals surface area contributed by atoms with Crippen molar-refractivity contribution in [2.75, 3.05) is 52.4 Å². The van der Waals surface area contributed by atoms with Gasteiger partial charge in [-0.15, -0.1) is 0 Å². The third-order valence-electron chi connectivity index (χ3n) is 6.22. The molecule has 0 bridgehead atoms. The Morgan fingerprint density at radius 1 is 0.543 bits per heavy atom. The number of aliphatic carboxylic acids is 2. The summed E-state index contributed by atoms with van der Waals surface area (Å²) in [6.07, 6.45) is 7.78. The lowest BCUT2D eigenvalue weighted by Crippen LogP contribution is -2.50. The Morgan fingerprint density at radius 2 is 0.743 bits per heavy atom. The molecule has 1 N–H and O–H groups in total. The van der Waals surface area contributed by atoms with E-state index < -0.39 is 24.5 Å². The molecule has 0 fully saturated rings. The first-order chi connectivity index (χ1) is 16.5. The summed E-state index contributed by atoms with van der Waals surface area (Å²) in [5.74, 6) is -3.43. The van der Waals surface area contributed by atoms with Crippen molar-refractivity contribution in [2.45, 2.75) is 119 Å². The van der Waals surface area contributed by atoms with Crippen molar-refractivity contribution in [1.82, 2.24) is 0 Å². The van der Waals surface area contributed by atoms with Gasteiger partial charge in [0, 0.05) is 12.4 Å². The molecular weight excluding hydrogens is 444 g/mol. The van der Waals surface area contributed by atoms with Crippen molar-refractivity contribution in [1.29, 1.82) is 0 Å². The third-order valence-corrected chi connectivity index (χ3v) is 6.22. The lowest BCUT2D eigenvalue weighted by Gasteiger charge is -2.38. The first-order valence-corrected chi connectivity index (χ1v) is 14.3. The standard InChI is InChI=1S/2C12H28N.C4H6O5/c2*1-5-9-13(10-6-2,11-7-3)12-8-4;5-2(4(8)9)1-3(6)7/h2*5-12H2,1-4H3;2,5H,1H2,(H,6,7)(H,8,9)/q2*+1;/p-2. The maximum absolute atomic E-state index is 9.58. The van der Waals surface area contributed by atoms with Crippen LogP contribution in [-0.2, 0) is 9.59 Å². The highest BCUT2D eigenvalue weighted by Gasteiger charge is 2.23. The number of carbonyl (C=O) groups excluding carboxylic acids is 2. The average molecular weight is 505 g/mol. The van der Waals surface area contributed by atoms with Crippen LogP contribution in [0.25, 0.3) is 0 Å². The fourth-order valence-electron chi connectivity index (χ4n) is 5.38. The molecule has 0 spiro atoms. The van der Waals surface area contributed by atoms with Crippen LogP contribution in [0.5, 0.6) is 0 Å². The van der Waals surface area contributed by atoms with Gasteiger partial charge in [0.15, 0.2) is 0 Å². The van der Waals surface area contributed by atoms with E-state index in [-0.39, 0.29) is 0 Å². The SMILES string of the molecule is CCC[N+](CCC)(CCC)CCC.CCC[N+](CCC)(CCC)CCC.O=C([O-])CC(O)C(=O)[O-]. The Balaban J connectivity index is -0.000000448. The normalized spacial score (nSPS) is 12.1. The van der Waals surface area contributed by atoms with Gasteiger partial charge < -0.3 is 33.9 Å². The molecule has 0 saturated carbocycles. The van der Waals surface area contributed by atoms with Crippen molar-refractivity contribution in [3.05, 3.63) is 0 Å². The summed E-state index contributed by atoms with van der Waals surface area (Å²) in [6, 6.07) is 0. The number of aliphatic hydroxyl groups excluding tert-OH is 1. The number of carboxylic acid groups (broad SMARTS) is 2. The zero-order valence-corrected chi connectivity index (χ0v) is 24.6. The van der Waals surface area contributed by atoms with E-state index >= 15 is 0 Å². The highest BCUT2D eigenvalue weighted by molar-refractivity contribution is 5.76. The molecule has 0 aliphatic heterocycles. The van der Waals surface area contributed by atoms with Crippen LogP contribution in [0.15, 0.2) is 0 Å². The number of aliphatic hydroxyl groups is 1. The highest BCUT2D eigenvalue weighted by atomic mass is 16.4. The summed E-state index contributed by atoms with van der Waals surface area (Å²) in [7, 11) is 0. The number of rotatable bonds is 19. The maximum atomic E-state index is 9.58. The van der Waals surface area contributed by atoms with Crippen LogP contribution < -0.4 is 10.2 Å². The summed E-state index contributed by atoms with van der Waals surface area (Å²) >= 11 is 0. The van der Waals surface area contributed by atoms with Gasteiger partial charge in [0.1, 0.15) is 0 Å². The minimum absolute atomic E-state index is 0.928. The second-order valence-corrected chi connectivity index (χ2v) is 9.88.